The number of nitrogens with zero attached hydrogens (tertiary/aromatic N) is 7. The van der Waals surface area contributed by atoms with Gasteiger partial charge in [0.1, 0.15) is 17.4 Å². The molecule has 4 heterocycles. The second kappa shape index (κ2) is 8.27. The third kappa shape index (κ3) is 3.79. The van der Waals surface area contributed by atoms with Crippen molar-refractivity contribution >= 4 is 17.0 Å². The van der Waals surface area contributed by atoms with Crippen LogP contribution in [0.15, 0.2) is 17.2 Å². The zero-order valence-corrected chi connectivity index (χ0v) is 19.3. The van der Waals surface area contributed by atoms with Crippen LogP contribution >= 0.6 is 0 Å². The van der Waals surface area contributed by atoms with E-state index in [4.69, 9.17) is 19.7 Å². The van der Waals surface area contributed by atoms with E-state index in [1.165, 1.54) is 12.8 Å². The fraction of sp³-hybridized carbons (Fsp3) is 0.609. The Balaban J connectivity index is 1.57. The number of fused-ring (bicyclic) bond motifs is 1. The maximum absolute atomic E-state index is 13.1. The molecule has 0 N–H and O–H groups in total. The number of hydrogen-bond donors (Lipinski definition) is 0. The highest BCUT2D eigenvalue weighted by atomic mass is 16.5. The van der Waals surface area contributed by atoms with Gasteiger partial charge in [0.25, 0.3) is 5.56 Å². The maximum Gasteiger partial charge on any atom is 0.279 e. The number of aromatic nitrogens is 6. The summed E-state index contributed by atoms with van der Waals surface area (Å²) in [4.78, 5) is 29.8. The molecule has 0 aromatic carbocycles. The Morgan fingerprint density at radius 2 is 1.84 bits per heavy atom. The minimum absolute atomic E-state index is 0.102. The minimum atomic E-state index is -0.112. The molecule has 170 valence electrons. The van der Waals surface area contributed by atoms with Crippen LogP contribution in [0, 0.1) is 12.8 Å². The van der Waals surface area contributed by atoms with Gasteiger partial charge in [0.2, 0.25) is 5.95 Å². The fourth-order valence-corrected chi connectivity index (χ4v) is 4.86. The van der Waals surface area contributed by atoms with Crippen LogP contribution in [-0.2, 0) is 18.8 Å². The Hall–Kier alpha value is -2.81. The van der Waals surface area contributed by atoms with Crippen LogP contribution in [0.1, 0.15) is 61.7 Å². The van der Waals surface area contributed by atoms with Crippen LogP contribution < -0.4 is 10.5 Å². The number of aryl methyl sites for hydroxylation is 2. The predicted octanol–water partition coefficient (Wildman–Crippen LogP) is 2.64. The Morgan fingerprint density at radius 1 is 1.06 bits per heavy atom. The summed E-state index contributed by atoms with van der Waals surface area (Å²) >= 11 is 0. The molecule has 0 spiro atoms. The summed E-state index contributed by atoms with van der Waals surface area (Å²) in [6.07, 6.45) is 8.22. The zero-order valence-electron chi connectivity index (χ0n) is 19.3. The average Bonchev–Trinajstić information content (AvgIpc) is 3.24. The predicted molar refractivity (Wildman–Crippen MR) is 122 cm³/mol. The van der Waals surface area contributed by atoms with Crippen molar-refractivity contribution in [1.29, 1.82) is 0 Å². The van der Waals surface area contributed by atoms with E-state index >= 15 is 0 Å². The smallest absolute Gasteiger partial charge is 0.279 e. The number of hydrogen-bond acceptors (Lipinski definition) is 7. The molecule has 9 nitrogen and oxygen atoms in total. The van der Waals surface area contributed by atoms with Gasteiger partial charge in [0, 0.05) is 38.3 Å². The van der Waals surface area contributed by atoms with E-state index in [1.54, 1.807) is 16.3 Å². The molecule has 1 atom stereocenters. The monoisotopic (exact) mass is 437 g/mol. The molecule has 9 heteroatoms. The van der Waals surface area contributed by atoms with Gasteiger partial charge >= 0.3 is 0 Å². The van der Waals surface area contributed by atoms with Gasteiger partial charge in [-0.3, -0.25) is 14.0 Å². The Morgan fingerprint density at radius 3 is 2.56 bits per heavy atom. The molecule has 32 heavy (non-hydrogen) atoms. The first-order valence-corrected chi connectivity index (χ1v) is 11.5. The van der Waals surface area contributed by atoms with E-state index in [0.29, 0.717) is 48.4 Å². The summed E-state index contributed by atoms with van der Waals surface area (Å²) in [6, 6.07) is 0. The first kappa shape index (κ1) is 21.1. The van der Waals surface area contributed by atoms with E-state index in [0.717, 1.165) is 30.0 Å². The van der Waals surface area contributed by atoms with Crippen molar-refractivity contribution < 1.29 is 4.74 Å². The molecule has 3 aromatic rings. The van der Waals surface area contributed by atoms with Crippen LogP contribution in [0.3, 0.4) is 0 Å². The first-order valence-electron chi connectivity index (χ1n) is 11.5. The molecule has 0 amide bonds. The summed E-state index contributed by atoms with van der Waals surface area (Å²) in [5.41, 5.74) is 2.94. The standard InChI is InChI=1S/C23H31N7O2/c1-14-5-7-16(8-6-14)19-20-21(22(31)29(4)15(2)25-20)27-23(26-19)30-9-10-32-18(13-30)17-11-24-28(3)12-17/h11-12,14,16,18H,5-10,13H2,1-4H3/t14-,16+,18?. The normalized spacial score (nSPS) is 24.2. The molecule has 0 bridgehead atoms. The summed E-state index contributed by atoms with van der Waals surface area (Å²) in [7, 11) is 3.65. The molecule has 5 rings (SSSR count). The molecule has 1 saturated carbocycles. The van der Waals surface area contributed by atoms with Crippen LogP contribution in [-0.4, -0.2) is 49.0 Å². The van der Waals surface area contributed by atoms with Gasteiger partial charge in [-0.05, 0) is 25.7 Å². The van der Waals surface area contributed by atoms with Crippen molar-refractivity contribution in [3.8, 4) is 0 Å². The fourth-order valence-electron chi connectivity index (χ4n) is 4.86. The average molecular weight is 438 g/mol. The Bertz CT molecular complexity index is 1190. The second-order valence-corrected chi connectivity index (χ2v) is 9.34. The topological polar surface area (TPSA) is 91.0 Å². The van der Waals surface area contributed by atoms with Crippen molar-refractivity contribution in [3.05, 3.63) is 39.8 Å². The minimum Gasteiger partial charge on any atom is -0.370 e. The lowest BCUT2D eigenvalue weighted by atomic mass is 9.81. The van der Waals surface area contributed by atoms with Gasteiger partial charge < -0.3 is 9.64 Å². The molecule has 2 aliphatic rings. The van der Waals surface area contributed by atoms with Crippen LogP contribution in [0.4, 0.5) is 5.95 Å². The SMILES string of the molecule is Cc1nc2c(nc(N3CCOC(c4cnn(C)c4)C3)nc2[C@H]2CC[C@@H](C)CC2)c(=O)n1C. The van der Waals surface area contributed by atoms with Crippen molar-refractivity contribution in [2.24, 2.45) is 20.0 Å². The van der Waals surface area contributed by atoms with Gasteiger partial charge in [-0.2, -0.15) is 5.10 Å². The molecule has 1 aliphatic carbocycles. The van der Waals surface area contributed by atoms with Gasteiger partial charge in [0.05, 0.1) is 25.0 Å². The highest BCUT2D eigenvalue weighted by Gasteiger charge is 2.29. The number of anilines is 1. The van der Waals surface area contributed by atoms with Crippen LogP contribution in [0.5, 0.6) is 0 Å². The zero-order chi connectivity index (χ0) is 22.4. The summed E-state index contributed by atoms with van der Waals surface area (Å²) in [5, 5.41) is 4.28. The van der Waals surface area contributed by atoms with Crippen molar-refractivity contribution in [2.45, 2.75) is 51.6 Å². The van der Waals surface area contributed by atoms with Crippen molar-refractivity contribution in [1.82, 2.24) is 29.3 Å². The second-order valence-electron chi connectivity index (χ2n) is 9.34. The quantitative estimate of drug-likeness (QED) is 0.622. The van der Waals surface area contributed by atoms with Crippen molar-refractivity contribution in [2.75, 3.05) is 24.6 Å². The number of rotatable bonds is 3. The van der Waals surface area contributed by atoms with Crippen LogP contribution in [0.2, 0.25) is 0 Å². The molecule has 3 aromatic heterocycles. The third-order valence-electron chi connectivity index (χ3n) is 7.01. The summed E-state index contributed by atoms with van der Waals surface area (Å²) < 4.78 is 9.36. The van der Waals surface area contributed by atoms with Crippen molar-refractivity contribution in [3.63, 3.8) is 0 Å². The van der Waals surface area contributed by atoms with E-state index in [-0.39, 0.29) is 11.7 Å². The molecular formula is C23H31N7O2. The van der Waals surface area contributed by atoms with Crippen LogP contribution in [0.25, 0.3) is 11.0 Å². The molecule has 0 radical (unpaired) electrons. The molecule has 1 saturated heterocycles. The third-order valence-corrected chi connectivity index (χ3v) is 7.01. The maximum atomic E-state index is 13.1. The lowest BCUT2D eigenvalue weighted by molar-refractivity contribution is 0.0392. The molecule has 1 aliphatic heterocycles. The van der Waals surface area contributed by atoms with Gasteiger partial charge in [0.15, 0.2) is 5.52 Å². The highest BCUT2D eigenvalue weighted by molar-refractivity contribution is 5.77. The lowest BCUT2D eigenvalue weighted by Gasteiger charge is -2.33. The van der Waals surface area contributed by atoms with Gasteiger partial charge in [-0.1, -0.05) is 19.8 Å². The Kier molecular flexibility index (Phi) is 5.44. The van der Waals surface area contributed by atoms with E-state index in [2.05, 4.69) is 16.9 Å². The largest absolute Gasteiger partial charge is 0.370 e. The Labute approximate surface area is 187 Å². The summed E-state index contributed by atoms with van der Waals surface area (Å²) in [5.74, 6) is 2.34. The highest BCUT2D eigenvalue weighted by Crippen LogP contribution is 2.37. The van der Waals surface area contributed by atoms with E-state index < -0.39 is 0 Å². The van der Waals surface area contributed by atoms with E-state index in [9.17, 15) is 4.79 Å². The number of morpholine rings is 1. The molecule has 2 fully saturated rings. The van der Waals surface area contributed by atoms with Gasteiger partial charge in [-0.25, -0.2) is 15.0 Å². The van der Waals surface area contributed by atoms with Gasteiger partial charge in [-0.15, -0.1) is 0 Å². The lowest BCUT2D eigenvalue weighted by Crippen LogP contribution is -2.39. The molecular weight excluding hydrogens is 406 g/mol. The molecule has 1 unspecified atom stereocenters. The first-order chi connectivity index (χ1) is 15.4. The van der Waals surface area contributed by atoms with E-state index in [1.807, 2.05) is 26.4 Å². The summed E-state index contributed by atoms with van der Waals surface area (Å²) in [6.45, 7) is 6.05. The number of ether oxygens (including phenoxy) is 1.